The molecule has 1 N–H and O–H groups in total. The van der Waals surface area contributed by atoms with Crippen LogP contribution in [0.3, 0.4) is 0 Å². The molecule has 2 aromatic heterocycles. The first-order valence-electron chi connectivity index (χ1n) is 11.1. The van der Waals surface area contributed by atoms with Crippen LogP contribution in [0.4, 0.5) is 5.69 Å². The number of aryl methyl sites for hydroxylation is 1. The van der Waals surface area contributed by atoms with Gasteiger partial charge in [-0.3, -0.25) is 9.88 Å². The maximum Gasteiger partial charge on any atom is 0.104 e. The number of likely N-dealkylation sites (tertiary alicyclic amines) is 1. The average molecular weight is 435 g/mol. The van der Waals surface area contributed by atoms with Crippen LogP contribution in [0.15, 0.2) is 54.7 Å². The van der Waals surface area contributed by atoms with E-state index in [1.807, 2.05) is 12.1 Å². The highest BCUT2D eigenvalue weighted by Crippen LogP contribution is 2.50. The van der Waals surface area contributed by atoms with Crippen molar-refractivity contribution >= 4 is 17.3 Å². The number of nitrogens with zero attached hydrogens (tertiary/aromatic N) is 3. The van der Waals surface area contributed by atoms with Crippen LogP contribution in [-0.2, 0) is 16.8 Å². The number of anilines is 1. The van der Waals surface area contributed by atoms with E-state index in [1.54, 1.807) is 0 Å². The number of nitrogens with one attached hydrogen (secondary N) is 1. The molecule has 6 heteroatoms. The molecule has 2 spiro atoms. The van der Waals surface area contributed by atoms with Gasteiger partial charge in [-0.1, -0.05) is 17.7 Å². The van der Waals surface area contributed by atoms with E-state index in [0.717, 1.165) is 66.7 Å². The van der Waals surface area contributed by atoms with Gasteiger partial charge in [0, 0.05) is 43.0 Å². The Morgan fingerprint density at radius 1 is 1.13 bits per heavy atom. The molecular weight excluding hydrogens is 408 g/mol. The van der Waals surface area contributed by atoms with Crippen molar-refractivity contribution in [3.63, 3.8) is 0 Å². The van der Waals surface area contributed by atoms with Gasteiger partial charge in [-0.15, -0.1) is 0 Å². The molecule has 3 aliphatic heterocycles. The number of ether oxygens (including phenoxy) is 1. The molecule has 0 aliphatic carbocycles. The second-order valence-electron chi connectivity index (χ2n) is 9.33. The quantitative estimate of drug-likeness (QED) is 0.622. The van der Waals surface area contributed by atoms with Gasteiger partial charge in [0.25, 0.3) is 0 Å². The molecule has 0 bridgehead atoms. The summed E-state index contributed by atoms with van der Waals surface area (Å²) < 4.78 is 8.91. The van der Waals surface area contributed by atoms with Crippen LogP contribution in [0, 0.1) is 6.92 Å². The van der Waals surface area contributed by atoms with Gasteiger partial charge in [0.2, 0.25) is 0 Å². The van der Waals surface area contributed by atoms with Crippen molar-refractivity contribution in [2.75, 3.05) is 25.0 Å². The molecule has 3 aromatic rings. The number of hydrogen-bond donors (Lipinski definition) is 1. The normalized spacial score (nSPS) is 24.2. The maximum atomic E-state index is 6.61. The summed E-state index contributed by atoms with van der Waals surface area (Å²) in [5, 5.41) is 4.58. The summed E-state index contributed by atoms with van der Waals surface area (Å²) in [4.78, 5) is 7.18. The molecule has 2 saturated heterocycles. The van der Waals surface area contributed by atoms with Gasteiger partial charge in [0.1, 0.15) is 5.54 Å². The summed E-state index contributed by atoms with van der Waals surface area (Å²) in [6.45, 7) is 5.72. The van der Waals surface area contributed by atoms with Crippen molar-refractivity contribution in [1.82, 2.24) is 14.5 Å². The smallest absolute Gasteiger partial charge is 0.104 e. The van der Waals surface area contributed by atoms with E-state index in [4.69, 9.17) is 16.3 Å². The summed E-state index contributed by atoms with van der Waals surface area (Å²) in [6, 6.07) is 16.7. The first-order valence-corrected chi connectivity index (χ1v) is 11.5. The molecule has 5 heterocycles. The Labute approximate surface area is 188 Å². The Morgan fingerprint density at radius 3 is 2.84 bits per heavy atom. The lowest BCUT2D eigenvalue weighted by Gasteiger charge is -2.41. The van der Waals surface area contributed by atoms with E-state index in [1.165, 1.54) is 5.69 Å². The Hall–Kier alpha value is -2.34. The van der Waals surface area contributed by atoms with E-state index in [0.29, 0.717) is 6.61 Å². The highest BCUT2D eigenvalue weighted by Gasteiger charge is 2.53. The van der Waals surface area contributed by atoms with Crippen molar-refractivity contribution in [3.8, 4) is 5.69 Å². The largest absolute Gasteiger partial charge is 0.372 e. The minimum Gasteiger partial charge on any atom is -0.372 e. The van der Waals surface area contributed by atoms with Gasteiger partial charge in [-0.25, -0.2) is 0 Å². The zero-order valence-corrected chi connectivity index (χ0v) is 18.5. The minimum absolute atomic E-state index is 0.0747. The van der Waals surface area contributed by atoms with Crippen molar-refractivity contribution in [3.05, 3.63) is 76.8 Å². The van der Waals surface area contributed by atoms with E-state index in [-0.39, 0.29) is 11.1 Å². The number of aromatic nitrogens is 2. The van der Waals surface area contributed by atoms with Crippen LogP contribution < -0.4 is 5.32 Å². The SMILES string of the molecule is Cc1cccc(CN2CCC3(CC2)CC2(CO3)Nc3cc(Cl)ccc3-n3cccc32)n1. The van der Waals surface area contributed by atoms with Gasteiger partial charge < -0.3 is 14.6 Å². The number of hydrogen-bond acceptors (Lipinski definition) is 4. The van der Waals surface area contributed by atoms with Gasteiger partial charge in [-0.2, -0.15) is 0 Å². The number of rotatable bonds is 2. The molecule has 1 aromatic carbocycles. The van der Waals surface area contributed by atoms with Gasteiger partial charge in [0.05, 0.1) is 35.0 Å². The maximum absolute atomic E-state index is 6.61. The van der Waals surface area contributed by atoms with Gasteiger partial charge >= 0.3 is 0 Å². The Balaban J connectivity index is 1.21. The van der Waals surface area contributed by atoms with Crippen LogP contribution in [-0.4, -0.2) is 39.7 Å². The fourth-order valence-electron chi connectivity index (χ4n) is 5.65. The minimum atomic E-state index is -0.207. The molecule has 1 unspecified atom stereocenters. The van der Waals surface area contributed by atoms with Crippen LogP contribution in [0.5, 0.6) is 0 Å². The number of halogens is 1. The monoisotopic (exact) mass is 434 g/mol. The third-order valence-electron chi connectivity index (χ3n) is 7.18. The van der Waals surface area contributed by atoms with Crippen molar-refractivity contribution in [2.45, 2.75) is 43.9 Å². The number of fused-ring (bicyclic) bond motifs is 4. The fraction of sp³-hybridized carbons (Fsp3) is 0.400. The number of piperidine rings is 1. The van der Waals surface area contributed by atoms with Gasteiger partial charge in [-0.05, 0) is 62.2 Å². The Bertz CT molecular complexity index is 1130. The molecule has 3 aliphatic rings. The van der Waals surface area contributed by atoms with Gasteiger partial charge in [0.15, 0.2) is 0 Å². The lowest BCUT2D eigenvalue weighted by molar-refractivity contribution is -0.0453. The molecule has 160 valence electrons. The fourth-order valence-corrected chi connectivity index (χ4v) is 5.82. The second kappa shape index (κ2) is 7.09. The van der Waals surface area contributed by atoms with E-state index >= 15 is 0 Å². The van der Waals surface area contributed by atoms with E-state index in [9.17, 15) is 0 Å². The molecule has 6 rings (SSSR count). The van der Waals surface area contributed by atoms with Crippen LogP contribution in [0.25, 0.3) is 5.69 Å². The zero-order valence-electron chi connectivity index (χ0n) is 17.8. The summed E-state index contributed by atoms with van der Waals surface area (Å²) in [5.74, 6) is 0. The van der Waals surface area contributed by atoms with E-state index < -0.39 is 0 Å². The second-order valence-corrected chi connectivity index (χ2v) is 9.76. The highest BCUT2D eigenvalue weighted by molar-refractivity contribution is 6.31. The molecule has 31 heavy (non-hydrogen) atoms. The molecule has 1 atom stereocenters. The summed E-state index contributed by atoms with van der Waals surface area (Å²) in [7, 11) is 0. The number of benzene rings is 1. The third kappa shape index (κ3) is 3.27. The Kier molecular flexibility index (Phi) is 4.43. The highest BCUT2D eigenvalue weighted by atomic mass is 35.5. The Morgan fingerprint density at radius 2 is 2.00 bits per heavy atom. The van der Waals surface area contributed by atoms with Crippen molar-refractivity contribution in [1.29, 1.82) is 0 Å². The molecular formula is C25H27ClN4O. The average Bonchev–Trinajstić information content (AvgIpc) is 3.37. The van der Waals surface area contributed by atoms with E-state index in [2.05, 4.69) is 69.3 Å². The summed E-state index contributed by atoms with van der Waals surface area (Å²) in [5.41, 5.74) is 5.47. The standard InChI is InChI=1S/C25H27ClN4O/c1-18-4-2-5-20(27-18)15-29-12-9-24(10-13-29)16-25(17-31-24)23-6-3-11-30(23)22-8-7-19(26)14-21(22)28-25/h2-8,11,14,28H,9-10,12-13,15-17H2,1H3. The molecule has 2 fully saturated rings. The molecule has 0 amide bonds. The molecule has 5 nitrogen and oxygen atoms in total. The summed E-state index contributed by atoms with van der Waals surface area (Å²) in [6.07, 6.45) is 5.22. The zero-order chi connectivity index (χ0) is 21.1. The predicted molar refractivity (Wildman–Crippen MR) is 123 cm³/mol. The predicted octanol–water partition coefficient (Wildman–Crippen LogP) is 4.91. The molecule has 0 saturated carbocycles. The lowest BCUT2D eigenvalue weighted by atomic mass is 9.79. The number of pyridine rings is 1. The first kappa shape index (κ1) is 19.4. The van der Waals surface area contributed by atoms with Crippen LogP contribution in [0.2, 0.25) is 5.02 Å². The van der Waals surface area contributed by atoms with Crippen LogP contribution in [0.1, 0.15) is 36.3 Å². The molecule has 0 radical (unpaired) electrons. The van der Waals surface area contributed by atoms with Crippen molar-refractivity contribution < 1.29 is 4.74 Å². The van der Waals surface area contributed by atoms with Crippen molar-refractivity contribution in [2.24, 2.45) is 0 Å². The lowest BCUT2D eigenvalue weighted by Crippen LogP contribution is -2.46. The summed E-state index contributed by atoms with van der Waals surface area (Å²) >= 11 is 6.32. The topological polar surface area (TPSA) is 42.3 Å². The third-order valence-corrected chi connectivity index (χ3v) is 7.41. The van der Waals surface area contributed by atoms with Crippen LogP contribution >= 0.6 is 11.6 Å². The first-order chi connectivity index (χ1) is 15.0.